The van der Waals surface area contributed by atoms with Crippen LogP contribution in [0.2, 0.25) is 0 Å². The number of ether oxygens (including phenoxy) is 1. The van der Waals surface area contributed by atoms with Gasteiger partial charge in [0.2, 0.25) is 0 Å². The van der Waals surface area contributed by atoms with Gasteiger partial charge in [-0.1, -0.05) is 23.8 Å². The van der Waals surface area contributed by atoms with Crippen LogP contribution in [-0.4, -0.2) is 32.4 Å². The average molecular weight is 405 g/mol. The summed E-state index contributed by atoms with van der Waals surface area (Å²) >= 11 is 0. The van der Waals surface area contributed by atoms with E-state index in [0.29, 0.717) is 5.69 Å². The van der Waals surface area contributed by atoms with Gasteiger partial charge in [-0.25, -0.2) is 18.0 Å². The minimum absolute atomic E-state index is 0.0782. The first-order chi connectivity index (χ1) is 13.1. The highest BCUT2D eigenvalue weighted by molar-refractivity contribution is 7.92. The molecule has 0 spiro atoms. The monoisotopic (exact) mass is 405 g/mol. The number of nitrogens with one attached hydrogen (secondary N) is 2. The molecule has 3 amide bonds. The zero-order chi connectivity index (χ0) is 20.9. The molecular formula is C18H19N3O6S. The van der Waals surface area contributed by atoms with E-state index in [4.69, 9.17) is 10.5 Å². The van der Waals surface area contributed by atoms with E-state index in [-0.39, 0.29) is 10.5 Å². The molecule has 28 heavy (non-hydrogen) atoms. The van der Waals surface area contributed by atoms with E-state index in [0.717, 1.165) is 11.6 Å². The predicted octanol–water partition coefficient (Wildman–Crippen LogP) is 1.54. The highest BCUT2D eigenvalue weighted by atomic mass is 32.2. The number of esters is 1. The number of amides is 3. The minimum Gasteiger partial charge on any atom is -0.449 e. The average Bonchev–Trinajstić information content (AvgIpc) is 2.63. The maximum absolute atomic E-state index is 12.5. The summed E-state index contributed by atoms with van der Waals surface area (Å²) in [6.45, 7) is 3.12. The fourth-order valence-electron chi connectivity index (χ4n) is 2.13. The highest BCUT2D eigenvalue weighted by Crippen LogP contribution is 2.18. The van der Waals surface area contributed by atoms with E-state index < -0.39 is 34.0 Å². The third-order valence-corrected chi connectivity index (χ3v) is 4.96. The second kappa shape index (κ2) is 8.53. The number of aryl methyl sites for hydroxylation is 1. The Morgan fingerprint density at radius 3 is 2.32 bits per heavy atom. The number of anilines is 1. The Balaban J connectivity index is 2.16. The number of primary amides is 1. The van der Waals surface area contributed by atoms with E-state index in [9.17, 15) is 22.8 Å². The molecule has 4 N–H and O–H groups in total. The molecule has 2 aromatic rings. The zero-order valence-electron chi connectivity index (χ0n) is 15.1. The summed E-state index contributed by atoms with van der Waals surface area (Å²) in [6.07, 6.45) is -1.30. The molecule has 1 atom stereocenters. The molecule has 0 fully saturated rings. The summed E-state index contributed by atoms with van der Waals surface area (Å²) in [4.78, 5) is 34.3. The van der Waals surface area contributed by atoms with Crippen LogP contribution in [0.5, 0.6) is 0 Å². The normalized spacial score (nSPS) is 11.9. The number of hydrogen-bond donors (Lipinski definition) is 3. The fourth-order valence-corrected chi connectivity index (χ4v) is 3.24. The molecule has 0 aromatic heterocycles. The Labute approximate surface area is 161 Å². The largest absolute Gasteiger partial charge is 0.449 e. The van der Waals surface area contributed by atoms with Gasteiger partial charge in [0.05, 0.1) is 10.5 Å². The van der Waals surface area contributed by atoms with Crippen molar-refractivity contribution in [3.8, 4) is 0 Å². The van der Waals surface area contributed by atoms with Crippen LogP contribution >= 0.6 is 0 Å². The van der Waals surface area contributed by atoms with Gasteiger partial charge in [0.25, 0.3) is 15.9 Å². The van der Waals surface area contributed by atoms with Crippen molar-refractivity contribution in [2.45, 2.75) is 24.8 Å². The van der Waals surface area contributed by atoms with Crippen LogP contribution in [0.4, 0.5) is 10.5 Å². The summed E-state index contributed by atoms with van der Waals surface area (Å²) in [5.41, 5.74) is 6.09. The molecule has 0 radical (unpaired) electrons. The second-order valence-corrected chi connectivity index (χ2v) is 7.58. The summed E-state index contributed by atoms with van der Waals surface area (Å²) in [5, 5.41) is 1.78. The van der Waals surface area contributed by atoms with Crippen molar-refractivity contribution in [2.24, 2.45) is 5.73 Å². The van der Waals surface area contributed by atoms with Crippen LogP contribution in [0.3, 0.4) is 0 Å². The maximum atomic E-state index is 12.5. The van der Waals surface area contributed by atoms with Crippen molar-refractivity contribution in [3.05, 3.63) is 59.7 Å². The number of hydrogen-bond acceptors (Lipinski definition) is 6. The maximum Gasteiger partial charge on any atom is 0.338 e. The lowest BCUT2D eigenvalue weighted by atomic mass is 10.2. The molecule has 9 nitrogen and oxygen atoms in total. The Morgan fingerprint density at radius 2 is 1.71 bits per heavy atom. The number of carbonyl (C=O) groups is 3. The lowest BCUT2D eigenvalue weighted by molar-refractivity contribution is -0.127. The first-order valence-corrected chi connectivity index (χ1v) is 9.57. The van der Waals surface area contributed by atoms with Gasteiger partial charge >= 0.3 is 12.0 Å². The van der Waals surface area contributed by atoms with Crippen LogP contribution in [0.15, 0.2) is 53.4 Å². The van der Waals surface area contributed by atoms with Gasteiger partial charge in [0.15, 0.2) is 6.10 Å². The van der Waals surface area contributed by atoms with Crippen LogP contribution in [-0.2, 0) is 19.6 Å². The molecular weight excluding hydrogens is 386 g/mol. The quantitative estimate of drug-likeness (QED) is 0.622. The predicted molar refractivity (Wildman–Crippen MR) is 101 cm³/mol. The molecule has 1 unspecified atom stereocenters. The minimum atomic E-state index is -3.94. The van der Waals surface area contributed by atoms with E-state index in [1.807, 2.05) is 6.92 Å². The van der Waals surface area contributed by atoms with Gasteiger partial charge in [0.1, 0.15) is 0 Å². The number of sulfonamides is 1. The van der Waals surface area contributed by atoms with Crippen LogP contribution in [0, 0.1) is 6.92 Å². The zero-order valence-corrected chi connectivity index (χ0v) is 15.9. The van der Waals surface area contributed by atoms with Gasteiger partial charge in [-0.3, -0.25) is 14.8 Å². The first kappa shape index (κ1) is 20.9. The molecule has 0 saturated heterocycles. The number of nitrogens with two attached hydrogens (primary N) is 1. The number of benzene rings is 2. The van der Waals surface area contributed by atoms with Crippen molar-refractivity contribution in [1.29, 1.82) is 0 Å². The molecule has 0 aliphatic heterocycles. The van der Waals surface area contributed by atoms with Crippen LogP contribution in [0.1, 0.15) is 22.8 Å². The Hall–Kier alpha value is -3.40. The molecule has 0 aliphatic rings. The SMILES string of the molecule is Cc1ccc(NS(=O)(=O)c2cccc(C(=O)OC(C)C(=O)NC(N)=O)c2)cc1. The van der Waals surface area contributed by atoms with Crippen molar-refractivity contribution in [1.82, 2.24) is 5.32 Å². The standard InChI is InChI=1S/C18H19N3O6S/c1-11-6-8-14(9-7-11)21-28(25,26)15-5-3-4-13(10-15)17(23)27-12(2)16(22)20-18(19)24/h3-10,12,21H,1-2H3,(H3,19,20,22,24). The van der Waals surface area contributed by atoms with Crippen molar-refractivity contribution in [2.75, 3.05) is 4.72 Å². The molecule has 0 heterocycles. The van der Waals surface area contributed by atoms with E-state index in [1.165, 1.54) is 25.1 Å². The second-order valence-electron chi connectivity index (χ2n) is 5.90. The lowest BCUT2D eigenvalue weighted by Crippen LogP contribution is -2.42. The van der Waals surface area contributed by atoms with Crippen LogP contribution < -0.4 is 15.8 Å². The van der Waals surface area contributed by atoms with Gasteiger partial charge in [-0.15, -0.1) is 0 Å². The van der Waals surface area contributed by atoms with Crippen LogP contribution in [0.25, 0.3) is 0 Å². The summed E-state index contributed by atoms with van der Waals surface area (Å²) in [7, 11) is -3.94. The van der Waals surface area contributed by atoms with Crippen molar-refractivity contribution < 1.29 is 27.5 Å². The third kappa shape index (κ3) is 5.55. The number of carbonyl (C=O) groups excluding carboxylic acids is 3. The Bertz CT molecular complexity index is 1000. The summed E-state index contributed by atoms with van der Waals surface area (Å²) < 4.78 is 32.4. The van der Waals surface area contributed by atoms with E-state index in [2.05, 4.69) is 4.72 Å². The van der Waals surface area contributed by atoms with Crippen molar-refractivity contribution >= 4 is 33.6 Å². The van der Waals surface area contributed by atoms with E-state index in [1.54, 1.807) is 29.6 Å². The molecule has 2 aromatic carbocycles. The molecule has 0 aliphatic carbocycles. The van der Waals surface area contributed by atoms with Gasteiger partial charge in [0, 0.05) is 5.69 Å². The Kier molecular flexibility index (Phi) is 6.37. The number of urea groups is 1. The first-order valence-electron chi connectivity index (χ1n) is 8.09. The lowest BCUT2D eigenvalue weighted by Gasteiger charge is -2.13. The third-order valence-electron chi connectivity index (χ3n) is 3.58. The van der Waals surface area contributed by atoms with Crippen molar-refractivity contribution in [3.63, 3.8) is 0 Å². The smallest absolute Gasteiger partial charge is 0.338 e. The fraction of sp³-hybridized carbons (Fsp3) is 0.167. The Morgan fingerprint density at radius 1 is 1.07 bits per heavy atom. The molecule has 148 valence electrons. The topological polar surface area (TPSA) is 145 Å². The summed E-state index contributed by atoms with van der Waals surface area (Å²) in [6, 6.07) is 10.8. The van der Waals surface area contributed by atoms with E-state index >= 15 is 0 Å². The number of imide groups is 1. The number of rotatable bonds is 6. The van der Waals surface area contributed by atoms with Gasteiger partial charge in [-0.2, -0.15) is 0 Å². The van der Waals surface area contributed by atoms with Gasteiger partial charge in [-0.05, 0) is 44.2 Å². The molecule has 0 bridgehead atoms. The summed E-state index contributed by atoms with van der Waals surface area (Å²) in [5.74, 6) is -1.83. The molecule has 0 saturated carbocycles. The molecule has 10 heteroatoms. The van der Waals surface area contributed by atoms with Gasteiger partial charge < -0.3 is 10.5 Å². The highest BCUT2D eigenvalue weighted by Gasteiger charge is 2.22. The molecule has 2 rings (SSSR count).